The fourth-order valence-corrected chi connectivity index (χ4v) is 8.06. The van der Waals surface area contributed by atoms with Gasteiger partial charge in [-0.25, -0.2) is 4.98 Å². The molecular weight excluding hydrogens is 573 g/mol. The molecule has 0 amide bonds. The van der Waals surface area contributed by atoms with Crippen molar-refractivity contribution in [3.8, 4) is 45.0 Å². The van der Waals surface area contributed by atoms with Gasteiger partial charge in [-0.15, -0.1) is 10.2 Å². The van der Waals surface area contributed by atoms with Crippen LogP contribution in [0.1, 0.15) is 52.8 Å². The van der Waals surface area contributed by atoms with Crippen molar-refractivity contribution in [2.75, 3.05) is 0 Å². The third kappa shape index (κ3) is 3.88. The first-order chi connectivity index (χ1) is 23.0. The van der Waals surface area contributed by atoms with Gasteiger partial charge < -0.3 is 0 Å². The highest BCUT2D eigenvalue weighted by atomic mass is 15.2. The van der Waals surface area contributed by atoms with Crippen molar-refractivity contribution in [3.05, 3.63) is 179 Å². The van der Waals surface area contributed by atoms with E-state index in [0.29, 0.717) is 11.5 Å². The lowest BCUT2D eigenvalue weighted by Gasteiger charge is -2.46. The molecule has 47 heavy (non-hydrogen) atoms. The third-order valence-corrected chi connectivity index (χ3v) is 10.3. The van der Waals surface area contributed by atoms with Crippen molar-refractivity contribution in [1.82, 2.24) is 20.2 Å². The average Bonchev–Trinajstić information content (AvgIpc) is 3.42. The molecule has 5 aromatic carbocycles. The predicted molar refractivity (Wildman–Crippen MR) is 188 cm³/mol. The summed E-state index contributed by atoms with van der Waals surface area (Å²) in [4.78, 5) is 9.59. The summed E-state index contributed by atoms with van der Waals surface area (Å²) in [6, 6.07) is 46.0. The third-order valence-electron chi connectivity index (χ3n) is 10.3. The molecule has 7 aromatic rings. The molecule has 0 atom stereocenters. The molecule has 9 rings (SSSR count). The Kier molecular flexibility index (Phi) is 5.94. The minimum atomic E-state index is -0.479. The number of aromatic nitrogens is 4. The van der Waals surface area contributed by atoms with Gasteiger partial charge in [0, 0.05) is 34.5 Å². The molecular formula is C43H32N4. The molecule has 2 heterocycles. The minimum absolute atomic E-state index is 0.147. The molecule has 0 radical (unpaired) electrons. The molecule has 0 aliphatic heterocycles. The average molecular weight is 605 g/mol. The first-order valence-electron chi connectivity index (χ1n) is 16.1. The van der Waals surface area contributed by atoms with Crippen molar-refractivity contribution >= 4 is 0 Å². The summed E-state index contributed by atoms with van der Waals surface area (Å²) in [6.07, 6.45) is 3.59. The molecule has 0 saturated heterocycles. The highest BCUT2D eigenvalue weighted by Crippen LogP contribution is 2.62. The Bertz CT molecular complexity index is 2290. The second kappa shape index (κ2) is 10.1. The summed E-state index contributed by atoms with van der Waals surface area (Å²) in [5, 5.41) is 9.56. The molecule has 224 valence electrons. The van der Waals surface area contributed by atoms with Gasteiger partial charge in [0.25, 0.3) is 0 Å². The van der Waals surface area contributed by atoms with Crippen LogP contribution in [-0.4, -0.2) is 20.2 Å². The Labute approximate surface area is 274 Å². The Morgan fingerprint density at radius 3 is 1.79 bits per heavy atom. The molecule has 1 spiro atoms. The minimum Gasteiger partial charge on any atom is -0.264 e. The van der Waals surface area contributed by atoms with E-state index in [9.17, 15) is 0 Å². The van der Waals surface area contributed by atoms with E-state index in [-0.39, 0.29) is 5.41 Å². The van der Waals surface area contributed by atoms with Crippen LogP contribution in [0, 0.1) is 6.92 Å². The highest BCUT2D eigenvalue weighted by molar-refractivity contribution is 5.90. The zero-order valence-corrected chi connectivity index (χ0v) is 26.6. The van der Waals surface area contributed by atoms with Crippen molar-refractivity contribution in [2.45, 2.75) is 31.6 Å². The molecule has 2 aliphatic carbocycles. The number of aryl methyl sites for hydroxylation is 1. The first-order valence-corrected chi connectivity index (χ1v) is 16.1. The summed E-state index contributed by atoms with van der Waals surface area (Å²) >= 11 is 0. The summed E-state index contributed by atoms with van der Waals surface area (Å²) in [7, 11) is 0. The van der Waals surface area contributed by atoms with E-state index < -0.39 is 5.41 Å². The largest absolute Gasteiger partial charge is 0.264 e. The number of fused-ring (bicyclic) bond motifs is 9. The van der Waals surface area contributed by atoms with Crippen LogP contribution in [0.5, 0.6) is 0 Å². The van der Waals surface area contributed by atoms with Gasteiger partial charge in [-0.1, -0.05) is 129 Å². The number of hydrogen-bond acceptors (Lipinski definition) is 4. The van der Waals surface area contributed by atoms with Crippen LogP contribution < -0.4 is 0 Å². The second-order valence-corrected chi connectivity index (χ2v) is 13.2. The number of benzene rings is 5. The second-order valence-electron chi connectivity index (χ2n) is 13.2. The maximum absolute atomic E-state index is 5.24. The summed E-state index contributed by atoms with van der Waals surface area (Å²) in [6.45, 7) is 6.80. The standard InChI is InChI=1S/C43H32N4/c1-27-18-20-28(21-19-27)39-40(30-11-10-24-44-26-30)46-47-41(45-39)29-22-23-32-31-12-4-5-13-33(31)43(38(32)25-29)36-16-8-6-14-34(36)42(2,3)35-15-7-9-17-37(35)43/h4-26H,1-3H3. The Morgan fingerprint density at radius 1 is 0.489 bits per heavy atom. The van der Waals surface area contributed by atoms with Crippen LogP contribution in [-0.2, 0) is 10.8 Å². The molecule has 0 unspecified atom stereocenters. The lowest BCUT2D eigenvalue weighted by molar-refractivity contribution is 0.563. The van der Waals surface area contributed by atoms with Crippen LogP contribution in [0.3, 0.4) is 0 Å². The van der Waals surface area contributed by atoms with E-state index in [1.807, 2.05) is 18.3 Å². The highest BCUT2D eigenvalue weighted by Gasteiger charge is 2.53. The maximum atomic E-state index is 5.24. The zero-order valence-electron chi connectivity index (χ0n) is 26.6. The molecule has 4 heteroatoms. The lowest BCUT2D eigenvalue weighted by Crippen LogP contribution is -2.40. The van der Waals surface area contributed by atoms with E-state index in [2.05, 4.69) is 141 Å². The first kappa shape index (κ1) is 27.6. The zero-order chi connectivity index (χ0) is 31.8. The number of rotatable bonds is 3. The number of nitrogens with zero attached hydrogens (tertiary/aromatic N) is 4. The fourth-order valence-electron chi connectivity index (χ4n) is 8.06. The van der Waals surface area contributed by atoms with E-state index in [0.717, 1.165) is 22.4 Å². The molecule has 0 fully saturated rings. The SMILES string of the molecule is Cc1ccc(-c2nc(-c3ccc4c(c3)C3(c5ccccc5-4)c4ccccc4C(C)(C)c4ccccc43)nnc2-c2cccnc2)cc1. The van der Waals surface area contributed by atoms with Gasteiger partial charge >= 0.3 is 0 Å². The van der Waals surface area contributed by atoms with Crippen LogP contribution in [0.4, 0.5) is 0 Å². The maximum Gasteiger partial charge on any atom is 0.182 e. The van der Waals surface area contributed by atoms with Crippen LogP contribution >= 0.6 is 0 Å². The molecule has 0 bridgehead atoms. The van der Waals surface area contributed by atoms with Crippen LogP contribution in [0.2, 0.25) is 0 Å². The van der Waals surface area contributed by atoms with Gasteiger partial charge in [0.05, 0.1) is 5.41 Å². The van der Waals surface area contributed by atoms with E-state index in [4.69, 9.17) is 15.2 Å². The van der Waals surface area contributed by atoms with Crippen molar-refractivity contribution in [3.63, 3.8) is 0 Å². The van der Waals surface area contributed by atoms with E-state index in [1.165, 1.54) is 50.1 Å². The Balaban J connectivity index is 1.32. The van der Waals surface area contributed by atoms with Crippen molar-refractivity contribution in [2.24, 2.45) is 0 Å². The smallest absolute Gasteiger partial charge is 0.182 e. The van der Waals surface area contributed by atoms with E-state index in [1.54, 1.807) is 6.20 Å². The van der Waals surface area contributed by atoms with Crippen molar-refractivity contribution < 1.29 is 0 Å². The van der Waals surface area contributed by atoms with Gasteiger partial charge in [-0.05, 0) is 69.6 Å². The molecule has 4 nitrogen and oxygen atoms in total. The molecule has 2 aromatic heterocycles. The van der Waals surface area contributed by atoms with Crippen LogP contribution in [0.25, 0.3) is 45.0 Å². The van der Waals surface area contributed by atoms with Gasteiger partial charge in [0.1, 0.15) is 11.4 Å². The van der Waals surface area contributed by atoms with Crippen LogP contribution in [0.15, 0.2) is 140 Å². The summed E-state index contributed by atoms with van der Waals surface area (Å²) in [5.41, 5.74) is 15.3. The topological polar surface area (TPSA) is 51.6 Å². The predicted octanol–water partition coefficient (Wildman–Crippen LogP) is 9.58. The number of hydrogen-bond donors (Lipinski definition) is 0. The summed E-state index contributed by atoms with van der Waals surface area (Å²) in [5.74, 6) is 0.597. The molecule has 0 saturated carbocycles. The Hall–Kier alpha value is -5.74. The van der Waals surface area contributed by atoms with E-state index >= 15 is 0 Å². The van der Waals surface area contributed by atoms with Gasteiger partial charge in [-0.2, -0.15) is 0 Å². The normalized spacial score (nSPS) is 14.6. The Morgan fingerprint density at radius 2 is 1.11 bits per heavy atom. The molecule has 0 N–H and O–H groups in total. The quantitative estimate of drug-likeness (QED) is 0.202. The van der Waals surface area contributed by atoms with Gasteiger partial charge in [0.15, 0.2) is 5.82 Å². The lowest BCUT2D eigenvalue weighted by atomic mass is 9.55. The van der Waals surface area contributed by atoms with Crippen molar-refractivity contribution in [1.29, 1.82) is 0 Å². The summed E-state index contributed by atoms with van der Waals surface area (Å²) < 4.78 is 0. The van der Waals surface area contributed by atoms with Gasteiger partial charge in [0.2, 0.25) is 0 Å². The fraction of sp³-hybridized carbons (Fsp3) is 0.116. The molecule has 2 aliphatic rings. The monoisotopic (exact) mass is 604 g/mol. The number of pyridine rings is 1. The van der Waals surface area contributed by atoms with Gasteiger partial charge in [-0.3, -0.25) is 4.98 Å².